The number of nitrogens with zero attached hydrogens (tertiary/aromatic N) is 5. The number of aromatic nitrogens is 4. The molecule has 1 aromatic carbocycles. The van der Waals surface area contributed by atoms with Crippen molar-refractivity contribution < 1.29 is 4.84 Å². The van der Waals surface area contributed by atoms with E-state index in [9.17, 15) is 0 Å². The number of pyridine rings is 1. The maximum Gasteiger partial charge on any atom is 0.248 e. The van der Waals surface area contributed by atoms with Gasteiger partial charge in [0, 0.05) is 70.8 Å². The lowest BCUT2D eigenvalue weighted by Crippen LogP contribution is -2.28. The fraction of sp³-hybridized carbons (Fsp3) is 0.261. The summed E-state index contributed by atoms with van der Waals surface area (Å²) in [5.74, 6) is 1.72. The van der Waals surface area contributed by atoms with Gasteiger partial charge in [-0.05, 0) is 47.8 Å². The van der Waals surface area contributed by atoms with Gasteiger partial charge in [0.05, 0.1) is 5.71 Å². The average molecular weight is 464 g/mol. The van der Waals surface area contributed by atoms with Crippen molar-refractivity contribution in [2.24, 2.45) is 18.1 Å². The Labute approximate surface area is 183 Å². The Kier molecular flexibility index (Phi) is 4.90. The highest BCUT2D eigenvalue weighted by atomic mass is 79.9. The van der Waals surface area contributed by atoms with Gasteiger partial charge in [-0.3, -0.25) is 0 Å². The van der Waals surface area contributed by atoms with E-state index in [4.69, 9.17) is 4.84 Å². The molecule has 3 aromatic heterocycles. The second-order valence-electron chi connectivity index (χ2n) is 7.64. The summed E-state index contributed by atoms with van der Waals surface area (Å²) in [7, 11) is 2.14. The molecule has 0 saturated carbocycles. The van der Waals surface area contributed by atoms with Crippen LogP contribution in [-0.2, 0) is 20.0 Å². The maximum absolute atomic E-state index is 5.82. The summed E-state index contributed by atoms with van der Waals surface area (Å²) in [6.07, 6.45) is 7.61. The zero-order valence-corrected chi connectivity index (χ0v) is 18.5. The first kappa shape index (κ1) is 19.1. The van der Waals surface area contributed by atoms with Crippen LogP contribution < -0.4 is 4.84 Å². The summed E-state index contributed by atoms with van der Waals surface area (Å²) in [6.45, 7) is 2.86. The van der Waals surface area contributed by atoms with Crippen molar-refractivity contribution in [3.05, 3.63) is 76.5 Å². The van der Waals surface area contributed by atoms with Crippen LogP contribution >= 0.6 is 15.9 Å². The Hall–Kier alpha value is -2.93. The topological polar surface area (TPSA) is 57.2 Å². The number of hydrogen-bond acceptors (Lipinski definition) is 4. The van der Waals surface area contributed by atoms with Crippen molar-refractivity contribution in [1.82, 2.24) is 19.1 Å². The zero-order chi connectivity index (χ0) is 20.7. The molecule has 0 bridgehead atoms. The minimum Gasteiger partial charge on any atom is -0.347 e. The summed E-state index contributed by atoms with van der Waals surface area (Å²) in [5, 5.41) is 5.89. The molecule has 4 aromatic rings. The maximum atomic E-state index is 5.82. The van der Waals surface area contributed by atoms with E-state index in [2.05, 4.69) is 71.5 Å². The molecule has 0 fully saturated rings. The third-order valence-electron chi connectivity index (χ3n) is 5.88. The van der Waals surface area contributed by atoms with Crippen LogP contribution in [0.5, 0.6) is 5.88 Å². The third-order valence-corrected chi connectivity index (χ3v) is 6.35. The molecule has 152 valence electrons. The van der Waals surface area contributed by atoms with E-state index in [-0.39, 0.29) is 5.92 Å². The molecule has 5 rings (SSSR count). The lowest BCUT2D eigenvalue weighted by atomic mass is 9.84. The first-order chi connectivity index (χ1) is 14.6. The van der Waals surface area contributed by atoms with E-state index < -0.39 is 0 Å². The van der Waals surface area contributed by atoms with Gasteiger partial charge in [0.1, 0.15) is 5.82 Å². The van der Waals surface area contributed by atoms with Crippen LogP contribution in [0.25, 0.3) is 10.9 Å². The molecule has 0 radical (unpaired) electrons. The number of oxime groups is 1. The molecule has 1 aliphatic rings. The predicted octanol–water partition coefficient (Wildman–Crippen LogP) is 4.89. The molecule has 30 heavy (non-hydrogen) atoms. The fourth-order valence-electron chi connectivity index (χ4n) is 4.32. The van der Waals surface area contributed by atoms with Gasteiger partial charge in [0.2, 0.25) is 5.88 Å². The van der Waals surface area contributed by atoms with Crippen molar-refractivity contribution in [2.45, 2.75) is 26.3 Å². The molecule has 0 aliphatic heterocycles. The van der Waals surface area contributed by atoms with Crippen molar-refractivity contribution in [1.29, 1.82) is 0 Å². The van der Waals surface area contributed by atoms with Crippen LogP contribution in [0.3, 0.4) is 0 Å². The lowest BCUT2D eigenvalue weighted by Gasteiger charge is -2.26. The van der Waals surface area contributed by atoms with Crippen molar-refractivity contribution in [3.8, 4) is 5.88 Å². The quantitative estimate of drug-likeness (QED) is 0.405. The van der Waals surface area contributed by atoms with Gasteiger partial charge >= 0.3 is 0 Å². The summed E-state index contributed by atoms with van der Waals surface area (Å²) in [5.41, 5.74) is 4.70. The Balaban J connectivity index is 1.60. The molecule has 1 aliphatic carbocycles. The fourth-order valence-corrected chi connectivity index (χ4v) is 4.56. The second-order valence-corrected chi connectivity index (χ2v) is 8.56. The summed E-state index contributed by atoms with van der Waals surface area (Å²) in [4.78, 5) is 14.5. The van der Waals surface area contributed by atoms with E-state index in [1.807, 2.05) is 31.5 Å². The Morgan fingerprint density at radius 3 is 2.83 bits per heavy atom. The molecule has 7 heteroatoms. The molecule has 0 saturated heterocycles. The molecule has 0 N–H and O–H groups in total. The minimum absolute atomic E-state index is 0.228. The molecular weight excluding hydrogens is 442 g/mol. The number of aryl methyl sites for hydroxylation is 2. The van der Waals surface area contributed by atoms with E-state index in [0.29, 0.717) is 5.88 Å². The molecule has 1 unspecified atom stereocenters. The number of hydrogen-bond donors (Lipinski definition) is 0. The number of imidazole rings is 1. The van der Waals surface area contributed by atoms with E-state index >= 15 is 0 Å². The van der Waals surface area contributed by atoms with E-state index in [1.165, 1.54) is 22.2 Å². The van der Waals surface area contributed by atoms with Crippen LogP contribution in [0.2, 0.25) is 0 Å². The smallest absolute Gasteiger partial charge is 0.248 e. The summed E-state index contributed by atoms with van der Waals surface area (Å²) in [6, 6.07) is 12.2. The van der Waals surface area contributed by atoms with Gasteiger partial charge in [-0.1, -0.05) is 23.4 Å². The first-order valence-electron chi connectivity index (χ1n) is 10.0. The highest BCUT2D eigenvalue weighted by Crippen LogP contribution is 2.35. The van der Waals surface area contributed by atoms with Crippen LogP contribution in [0.1, 0.15) is 23.5 Å². The average Bonchev–Trinajstić information content (AvgIpc) is 3.30. The lowest BCUT2D eigenvalue weighted by molar-refractivity contribution is 0.320. The molecule has 6 nitrogen and oxygen atoms in total. The number of fused-ring (bicyclic) bond motifs is 3. The van der Waals surface area contributed by atoms with Gasteiger partial charge in [-0.2, -0.15) is 0 Å². The van der Waals surface area contributed by atoms with Crippen LogP contribution in [0, 0.1) is 12.8 Å². The van der Waals surface area contributed by atoms with E-state index in [0.717, 1.165) is 35.4 Å². The monoisotopic (exact) mass is 463 g/mol. The highest BCUT2D eigenvalue weighted by Gasteiger charge is 2.31. The first-order valence-corrected chi connectivity index (χ1v) is 10.8. The number of rotatable bonds is 4. The van der Waals surface area contributed by atoms with Crippen molar-refractivity contribution >= 4 is 32.5 Å². The van der Waals surface area contributed by atoms with E-state index in [1.54, 1.807) is 6.20 Å². The number of para-hydroxylation sites is 1. The SMILES string of the molecule is Cc1nccn1CC1CCc2c(c3ccccc3n2C)C1=NOc1ccc(Br)cn1. The summed E-state index contributed by atoms with van der Waals surface area (Å²) < 4.78 is 5.38. The van der Waals surface area contributed by atoms with Gasteiger partial charge in [0.15, 0.2) is 0 Å². The predicted molar refractivity (Wildman–Crippen MR) is 121 cm³/mol. The van der Waals surface area contributed by atoms with Gasteiger partial charge in [-0.25, -0.2) is 9.97 Å². The Morgan fingerprint density at radius 1 is 1.20 bits per heavy atom. The van der Waals surface area contributed by atoms with Crippen molar-refractivity contribution in [2.75, 3.05) is 0 Å². The molecule has 1 atom stereocenters. The number of halogens is 1. The third kappa shape index (κ3) is 3.33. The van der Waals surface area contributed by atoms with Gasteiger partial charge in [-0.15, -0.1) is 0 Å². The van der Waals surface area contributed by atoms with Crippen LogP contribution in [-0.4, -0.2) is 24.8 Å². The molecule has 3 heterocycles. The second kappa shape index (κ2) is 7.72. The van der Waals surface area contributed by atoms with Gasteiger partial charge in [0.25, 0.3) is 0 Å². The molecule has 0 spiro atoms. The zero-order valence-electron chi connectivity index (χ0n) is 16.9. The Morgan fingerprint density at radius 2 is 2.07 bits per heavy atom. The minimum atomic E-state index is 0.228. The van der Waals surface area contributed by atoms with Crippen LogP contribution in [0.4, 0.5) is 0 Å². The largest absolute Gasteiger partial charge is 0.347 e. The van der Waals surface area contributed by atoms with Gasteiger partial charge < -0.3 is 14.0 Å². The highest BCUT2D eigenvalue weighted by molar-refractivity contribution is 9.10. The Bertz CT molecular complexity index is 1240. The standard InChI is InChI=1S/C23H22BrN5O/c1-15-25-11-12-29(15)14-16-7-9-20-22(18-5-3-4-6-19(18)28(20)2)23(16)27-30-21-10-8-17(24)13-26-21/h3-6,8,10-13,16H,7,9,14H2,1-2H3. The molecular formula is C23H22BrN5O. The molecule has 0 amide bonds. The normalized spacial score (nSPS) is 17.4. The summed E-state index contributed by atoms with van der Waals surface area (Å²) >= 11 is 3.41. The van der Waals surface area contributed by atoms with Crippen LogP contribution in [0.15, 0.2) is 64.6 Å². The van der Waals surface area contributed by atoms with Crippen molar-refractivity contribution in [3.63, 3.8) is 0 Å². The number of benzene rings is 1.